The van der Waals surface area contributed by atoms with E-state index in [1.807, 2.05) is 20.8 Å². The number of rotatable bonds is 6. The number of benzene rings is 1. The van der Waals surface area contributed by atoms with Gasteiger partial charge in [0.05, 0.1) is 4.90 Å². The summed E-state index contributed by atoms with van der Waals surface area (Å²) >= 11 is 0. The summed E-state index contributed by atoms with van der Waals surface area (Å²) in [5.74, 6) is -0.147. The molecule has 1 aromatic rings. The van der Waals surface area contributed by atoms with Crippen molar-refractivity contribution in [1.82, 2.24) is 14.5 Å². The zero-order valence-corrected chi connectivity index (χ0v) is 20.2. The van der Waals surface area contributed by atoms with Gasteiger partial charge in [0.1, 0.15) is 11.6 Å². The van der Waals surface area contributed by atoms with Crippen molar-refractivity contribution in [2.45, 2.75) is 64.5 Å². The monoisotopic (exact) mass is 453 g/mol. The second kappa shape index (κ2) is 9.99. The third-order valence-corrected chi connectivity index (χ3v) is 6.36. The van der Waals surface area contributed by atoms with Crippen LogP contribution in [0.5, 0.6) is 0 Å². The van der Waals surface area contributed by atoms with Crippen molar-refractivity contribution in [3.63, 3.8) is 0 Å². The first-order valence-electron chi connectivity index (χ1n) is 10.6. The number of hydrogen-bond donors (Lipinski definition) is 1. The molecule has 9 heteroatoms. The summed E-state index contributed by atoms with van der Waals surface area (Å²) < 4.78 is 33.7. The van der Waals surface area contributed by atoms with E-state index in [9.17, 15) is 18.0 Å². The summed E-state index contributed by atoms with van der Waals surface area (Å²) in [5, 5.41) is 0. The minimum Gasteiger partial charge on any atom is -0.444 e. The lowest BCUT2D eigenvalue weighted by Gasteiger charge is -2.37. The molecule has 8 nitrogen and oxygen atoms in total. The minimum absolute atomic E-state index is 0.123. The van der Waals surface area contributed by atoms with Gasteiger partial charge in [-0.05, 0) is 52.2 Å². The lowest BCUT2D eigenvalue weighted by molar-refractivity contribution is -0.135. The number of nitrogens with zero attached hydrogens (tertiary/aromatic N) is 2. The Morgan fingerprint density at radius 2 is 1.55 bits per heavy atom. The van der Waals surface area contributed by atoms with E-state index >= 15 is 0 Å². The van der Waals surface area contributed by atoms with Crippen molar-refractivity contribution in [3.8, 4) is 0 Å². The van der Waals surface area contributed by atoms with Crippen LogP contribution in [0.3, 0.4) is 0 Å². The molecule has 1 heterocycles. The lowest BCUT2D eigenvalue weighted by atomic mass is 10.0. The topological polar surface area (TPSA) is 96.0 Å². The maximum atomic E-state index is 13.2. The molecule has 1 aliphatic rings. The summed E-state index contributed by atoms with van der Waals surface area (Å²) in [5.41, 5.74) is 0.373. The molecule has 1 aliphatic heterocycles. The van der Waals surface area contributed by atoms with Crippen molar-refractivity contribution < 1.29 is 22.7 Å². The molecule has 0 bridgehead atoms. The second-order valence-corrected chi connectivity index (χ2v) is 11.1. The Balaban J connectivity index is 2.07. The predicted molar refractivity (Wildman–Crippen MR) is 119 cm³/mol. The average molecular weight is 454 g/mol. The van der Waals surface area contributed by atoms with Crippen LogP contribution in [0.4, 0.5) is 4.79 Å². The molecule has 174 valence electrons. The fourth-order valence-electron chi connectivity index (χ4n) is 3.30. The third-order valence-electron chi connectivity index (χ3n) is 4.88. The summed E-state index contributed by atoms with van der Waals surface area (Å²) in [6.07, 6.45) is -0.0191. The molecule has 1 fully saturated rings. The molecule has 0 saturated carbocycles. The number of aryl methyl sites for hydroxylation is 1. The van der Waals surface area contributed by atoms with Gasteiger partial charge < -0.3 is 14.5 Å². The molecule has 31 heavy (non-hydrogen) atoms. The van der Waals surface area contributed by atoms with E-state index in [2.05, 4.69) is 4.72 Å². The Kier molecular flexibility index (Phi) is 8.10. The Bertz CT molecular complexity index is 867. The van der Waals surface area contributed by atoms with Crippen molar-refractivity contribution in [1.29, 1.82) is 0 Å². The smallest absolute Gasteiger partial charge is 0.410 e. The van der Waals surface area contributed by atoms with E-state index in [0.717, 1.165) is 5.56 Å². The zero-order valence-electron chi connectivity index (χ0n) is 19.3. The van der Waals surface area contributed by atoms with Gasteiger partial charge >= 0.3 is 6.09 Å². The van der Waals surface area contributed by atoms with Gasteiger partial charge in [-0.3, -0.25) is 4.79 Å². The summed E-state index contributed by atoms with van der Waals surface area (Å²) in [4.78, 5) is 28.7. The Morgan fingerprint density at radius 3 is 2.03 bits per heavy atom. The molecule has 0 radical (unpaired) electrons. The fraction of sp³-hybridized carbons (Fsp3) is 0.636. The number of piperazine rings is 1. The van der Waals surface area contributed by atoms with Gasteiger partial charge in [-0.1, -0.05) is 31.5 Å². The number of nitrogens with one attached hydrogen (secondary N) is 1. The highest BCUT2D eigenvalue weighted by Crippen LogP contribution is 2.17. The van der Waals surface area contributed by atoms with Crippen LogP contribution in [0.1, 0.15) is 46.6 Å². The number of carbonyl (C=O) groups excluding carboxylic acids is 2. The molecule has 0 aliphatic carbocycles. The van der Waals surface area contributed by atoms with Gasteiger partial charge in [-0.15, -0.1) is 0 Å². The normalized spacial score (nSPS) is 16.4. The minimum atomic E-state index is -3.83. The quantitative estimate of drug-likeness (QED) is 0.715. The van der Waals surface area contributed by atoms with Crippen LogP contribution in [0, 0.1) is 12.8 Å². The maximum Gasteiger partial charge on any atom is 0.410 e. The van der Waals surface area contributed by atoms with Crippen LogP contribution >= 0.6 is 0 Å². The molecular formula is C22H35N3O5S. The second-order valence-electron chi connectivity index (χ2n) is 9.41. The Morgan fingerprint density at radius 1 is 1.03 bits per heavy atom. The van der Waals surface area contributed by atoms with Crippen molar-refractivity contribution in [2.75, 3.05) is 26.2 Å². The average Bonchev–Trinajstić information content (AvgIpc) is 2.65. The molecular weight excluding hydrogens is 418 g/mol. The van der Waals surface area contributed by atoms with Crippen molar-refractivity contribution >= 4 is 22.0 Å². The molecule has 2 rings (SSSR count). The first kappa shape index (κ1) is 25.1. The lowest BCUT2D eigenvalue weighted by Crippen LogP contribution is -2.56. The van der Waals surface area contributed by atoms with Crippen LogP contribution in [-0.2, 0) is 19.6 Å². The highest BCUT2D eigenvalue weighted by atomic mass is 32.2. The van der Waals surface area contributed by atoms with E-state index in [1.165, 1.54) is 12.1 Å². The molecule has 1 unspecified atom stereocenters. The molecule has 1 aromatic carbocycles. The van der Waals surface area contributed by atoms with E-state index in [-0.39, 0.29) is 16.7 Å². The summed E-state index contributed by atoms with van der Waals surface area (Å²) in [7, 11) is -3.83. The predicted octanol–water partition coefficient (Wildman–Crippen LogP) is 2.77. The molecule has 2 amide bonds. The summed E-state index contributed by atoms with van der Waals surface area (Å²) in [6, 6.07) is 5.66. The molecule has 0 aromatic heterocycles. The van der Waals surface area contributed by atoms with E-state index < -0.39 is 27.8 Å². The first-order valence-corrected chi connectivity index (χ1v) is 12.1. The highest BCUT2D eigenvalue weighted by Gasteiger charge is 2.33. The number of carbonyl (C=O) groups is 2. The number of ether oxygens (including phenoxy) is 1. The van der Waals surface area contributed by atoms with Gasteiger partial charge in [0, 0.05) is 26.2 Å². The van der Waals surface area contributed by atoms with Crippen LogP contribution in [0.2, 0.25) is 0 Å². The third kappa shape index (κ3) is 7.50. The molecule has 1 atom stereocenters. The van der Waals surface area contributed by atoms with Crippen molar-refractivity contribution in [2.24, 2.45) is 5.92 Å². The SMILES string of the molecule is Cc1ccc(S(=O)(=O)NC(CC(C)C)C(=O)N2CCN(C(=O)OC(C)(C)C)CC2)cc1. The fourth-order valence-corrected chi connectivity index (χ4v) is 4.50. The number of sulfonamides is 1. The van der Waals surface area contributed by atoms with E-state index in [1.54, 1.807) is 42.7 Å². The van der Waals surface area contributed by atoms with Crippen molar-refractivity contribution in [3.05, 3.63) is 29.8 Å². The van der Waals surface area contributed by atoms with Gasteiger partial charge in [-0.2, -0.15) is 4.72 Å². The standard InChI is InChI=1S/C22H35N3O5S/c1-16(2)15-19(23-31(28,29)18-9-7-17(3)8-10-18)20(26)24-11-13-25(14-12-24)21(27)30-22(4,5)6/h7-10,16,19,23H,11-15H2,1-6H3. The number of hydrogen-bond acceptors (Lipinski definition) is 5. The van der Waals surface area contributed by atoms with Crippen LogP contribution in [-0.4, -0.2) is 68.0 Å². The van der Waals surface area contributed by atoms with Gasteiger partial charge in [-0.25, -0.2) is 13.2 Å². The number of amides is 2. The molecule has 1 N–H and O–H groups in total. The largest absolute Gasteiger partial charge is 0.444 e. The van der Waals surface area contributed by atoms with Gasteiger partial charge in [0.25, 0.3) is 0 Å². The Labute approximate surface area is 186 Å². The highest BCUT2D eigenvalue weighted by molar-refractivity contribution is 7.89. The van der Waals surface area contributed by atoms with Crippen LogP contribution < -0.4 is 4.72 Å². The molecule has 1 saturated heterocycles. The maximum absolute atomic E-state index is 13.2. The zero-order chi connectivity index (χ0) is 23.4. The molecule has 0 spiro atoms. The van der Waals surface area contributed by atoms with E-state index in [0.29, 0.717) is 32.6 Å². The summed E-state index contributed by atoms with van der Waals surface area (Å²) in [6.45, 7) is 12.6. The van der Waals surface area contributed by atoms with Crippen LogP contribution in [0.15, 0.2) is 29.2 Å². The van der Waals surface area contributed by atoms with Crippen LogP contribution in [0.25, 0.3) is 0 Å². The van der Waals surface area contributed by atoms with Gasteiger partial charge in [0.2, 0.25) is 15.9 Å². The first-order chi connectivity index (χ1) is 14.3. The van der Waals surface area contributed by atoms with E-state index in [4.69, 9.17) is 4.74 Å². The van der Waals surface area contributed by atoms with Gasteiger partial charge in [0.15, 0.2) is 0 Å². The Hall–Kier alpha value is -2.13.